The second-order valence-corrected chi connectivity index (χ2v) is 7.86. The summed E-state index contributed by atoms with van der Waals surface area (Å²) in [4.78, 5) is 23.4. The third-order valence-corrected chi connectivity index (χ3v) is 5.01. The minimum absolute atomic E-state index is 0.104. The zero-order valence-electron chi connectivity index (χ0n) is 18.3. The first-order valence-corrected chi connectivity index (χ1v) is 11.3. The molecule has 5 heteroatoms. The fraction of sp³-hybridized carbons (Fsp3) is 0.462. The van der Waals surface area contributed by atoms with E-state index in [4.69, 9.17) is 16.7 Å². The Balaban J connectivity index is 2.71. The average Bonchev–Trinajstić information content (AvgIpc) is 2.74. The highest BCUT2D eigenvalue weighted by Crippen LogP contribution is 2.12. The Labute approximate surface area is 191 Å². The number of allylic oxidation sites excluding steroid dienone is 1. The van der Waals surface area contributed by atoms with Crippen molar-refractivity contribution < 1.29 is 14.7 Å². The summed E-state index contributed by atoms with van der Waals surface area (Å²) in [6, 6.07) is 6.38. The van der Waals surface area contributed by atoms with Crippen LogP contribution in [0, 0.1) is 29.6 Å². The monoisotopic (exact) mass is 441 g/mol. The molecule has 0 heterocycles. The van der Waals surface area contributed by atoms with Gasteiger partial charge in [-0.3, -0.25) is 9.59 Å². The third-order valence-electron chi connectivity index (χ3n) is 4.75. The molecule has 0 aliphatic rings. The van der Waals surface area contributed by atoms with Crippen LogP contribution in [0.15, 0.2) is 36.9 Å². The Bertz CT molecular complexity index is 824. The zero-order valence-corrected chi connectivity index (χ0v) is 19.0. The van der Waals surface area contributed by atoms with Gasteiger partial charge in [0.05, 0.1) is 12.5 Å². The second kappa shape index (κ2) is 16.1. The number of carbonyl (C=O) groups is 2. The number of amides is 1. The summed E-state index contributed by atoms with van der Waals surface area (Å²) in [5.74, 6) is 9.69. The van der Waals surface area contributed by atoms with Crippen molar-refractivity contribution in [3.05, 3.63) is 47.5 Å². The minimum Gasteiger partial charge on any atom is -0.481 e. The van der Waals surface area contributed by atoms with Gasteiger partial charge < -0.3 is 10.4 Å². The van der Waals surface area contributed by atoms with Crippen LogP contribution in [0.1, 0.15) is 75.1 Å². The number of benzene rings is 1. The SMILES string of the molecule is C=C[C@@H](C#CC#C[C@@H](CCCCCCCCC)NC(=O)c1ccc(Cl)cc1)CC(=O)O. The quantitative estimate of drug-likeness (QED) is 0.229. The molecule has 4 nitrogen and oxygen atoms in total. The highest BCUT2D eigenvalue weighted by molar-refractivity contribution is 6.30. The molecule has 0 aromatic heterocycles. The molecule has 0 aliphatic carbocycles. The molecule has 0 saturated heterocycles. The van der Waals surface area contributed by atoms with Crippen LogP contribution in [0.3, 0.4) is 0 Å². The zero-order chi connectivity index (χ0) is 22.9. The van der Waals surface area contributed by atoms with Gasteiger partial charge in [-0.1, -0.05) is 81.4 Å². The fourth-order valence-electron chi connectivity index (χ4n) is 2.96. The van der Waals surface area contributed by atoms with E-state index in [1.807, 2.05) is 0 Å². The van der Waals surface area contributed by atoms with Gasteiger partial charge in [0, 0.05) is 16.5 Å². The number of hydrogen-bond donors (Lipinski definition) is 2. The predicted octanol–water partition coefficient (Wildman–Crippen LogP) is 5.86. The first-order valence-electron chi connectivity index (χ1n) is 10.9. The van der Waals surface area contributed by atoms with Crippen LogP contribution in [-0.4, -0.2) is 23.0 Å². The van der Waals surface area contributed by atoms with Gasteiger partial charge in [-0.2, -0.15) is 0 Å². The maximum Gasteiger partial charge on any atom is 0.304 e. The van der Waals surface area contributed by atoms with E-state index in [-0.39, 0.29) is 18.4 Å². The number of halogens is 1. The number of unbranched alkanes of at least 4 members (excludes halogenated alkanes) is 6. The maximum atomic E-state index is 12.5. The fourth-order valence-corrected chi connectivity index (χ4v) is 3.09. The van der Waals surface area contributed by atoms with Crippen molar-refractivity contribution in [2.75, 3.05) is 0 Å². The van der Waals surface area contributed by atoms with Crippen molar-refractivity contribution in [3.63, 3.8) is 0 Å². The predicted molar refractivity (Wildman–Crippen MR) is 127 cm³/mol. The Morgan fingerprint density at radius 2 is 1.68 bits per heavy atom. The molecular formula is C26H32ClNO3. The van der Waals surface area contributed by atoms with Crippen molar-refractivity contribution in [1.82, 2.24) is 5.32 Å². The molecule has 2 N–H and O–H groups in total. The molecule has 0 fully saturated rings. The van der Waals surface area contributed by atoms with Gasteiger partial charge >= 0.3 is 5.97 Å². The molecule has 1 aromatic carbocycles. The van der Waals surface area contributed by atoms with Gasteiger partial charge in [-0.05, 0) is 42.5 Å². The smallest absolute Gasteiger partial charge is 0.304 e. The Hall–Kier alpha value is -2.69. The van der Waals surface area contributed by atoms with Crippen LogP contribution < -0.4 is 5.32 Å². The standard InChI is InChI=1S/C26H32ClNO3/c1-3-5-6-7-8-9-10-14-24(15-12-11-13-21(4-2)20-25(29)30)28-26(31)22-16-18-23(27)19-17-22/h4,16-19,21,24H,2-3,5-10,14,20H2,1H3,(H,28,31)(H,29,30)/t21-,24+/m0/s1. The molecule has 1 rings (SSSR count). The van der Waals surface area contributed by atoms with Crippen LogP contribution in [0.2, 0.25) is 5.02 Å². The first kappa shape index (κ1) is 26.3. The molecule has 1 aromatic rings. The third kappa shape index (κ3) is 12.6. The summed E-state index contributed by atoms with van der Waals surface area (Å²) in [6.45, 7) is 5.81. The van der Waals surface area contributed by atoms with Crippen LogP contribution >= 0.6 is 11.6 Å². The number of carboxylic acids is 1. The van der Waals surface area contributed by atoms with Crippen molar-refractivity contribution >= 4 is 23.5 Å². The highest BCUT2D eigenvalue weighted by atomic mass is 35.5. The first-order chi connectivity index (χ1) is 15.0. The van der Waals surface area contributed by atoms with E-state index in [1.165, 1.54) is 38.2 Å². The highest BCUT2D eigenvalue weighted by Gasteiger charge is 2.11. The molecule has 0 spiro atoms. The van der Waals surface area contributed by atoms with Gasteiger partial charge in [0.1, 0.15) is 0 Å². The van der Waals surface area contributed by atoms with Gasteiger partial charge in [0.25, 0.3) is 5.91 Å². The normalized spacial score (nSPS) is 11.8. The van der Waals surface area contributed by atoms with Crippen LogP contribution in [0.5, 0.6) is 0 Å². The van der Waals surface area contributed by atoms with E-state index in [9.17, 15) is 9.59 Å². The molecule has 166 valence electrons. The van der Waals surface area contributed by atoms with E-state index in [1.54, 1.807) is 24.3 Å². The van der Waals surface area contributed by atoms with Gasteiger partial charge in [-0.15, -0.1) is 6.58 Å². The summed E-state index contributed by atoms with van der Waals surface area (Å²) in [6.07, 6.45) is 10.4. The molecule has 0 unspecified atom stereocenters. The summed E-state index contributed by atoms with van der Waals surface area (Å²) in [5.41, 5.74) is 0.523. The number of nitrogens with one attached hydrogen (secondary N) is 1. The summed E-state index contributed by atoms with van der Waals surface area (Å²) in [5, 5.41) is 12.4. The molecule has 0 radical (unpaired) electrons. The molecular weight excluding hydrogens is 410 g/mol. The number of carboxylic acid groups (broad SMARTS) is 1. The van der Waals surface area contributed by atoms with E-state index >= 15 is 0 Å². The van der Waals surface area contributed by atoms with Crippen LogP contribution in [0.25, 0.3) is 0 Å². The molecule has 0 aliphatic heterocycles. The second-order valence-electron chi connectivity index (χ2n) is 7.42. The van der Waals surface area contributed by atoms with Gasteiger partial charge in [-0.25, -0.2) is 0 Å². The van der Waals surface area contributed by atoms with Gasteiger partial charge in [0.15, 0.2) is 0 Å². The maximum absolute atomic E-state index is 12.5. The molecule has 31 heavy (non-hydrogen) atoms. The van der Waals surface area contributed by atoms with E-state index in [0.29, 0.717) is 10.6 Å². The number of hydrogen-bond acceptors (Lipinski definition) is 2. The molecule has 0 bridgehead atoms. The summed E-state index contributed by atoms with van der Waals surface area (Å²) < 4.78 is 0. The van der Waals surface area contributed by atoms with E-state index < -0.39 is 11.9 Å². The van der Waals surface area contributed by atoms with Gasteiger partial charge in [0.2, 0.25) is 0 Å². The summed E-state index contributed by atoms with van der Waals surface area (Å²) >= 11 is 5.89. The number of rotatable bonds is 13. The average molecular weight is 442 g/mol. The van der Waals surface area contributed by atoms with E-state index in [0.717, 1.165) is 19.3 Å². The molecule has 0 saturated carbocycles. The lowest BCUT2D eigenvalue weighted by Crippen LogP contribution is -2.33. The van der Waals surface area contributed by atoms with Crippen molar-refractivity contribution in [1.29, 1.82) is 0 Å². The minimum atomic E-state index is -0.931. The van der Waals surface area contributed by atoms with Crippen molar-refractivity contribution in [3.8, 4) is 23.7 Å². The lowest BCUT2D eigenvalue weighted by Gasteiger charge is -2.13. The lowest BCUT2D eigenvalue weighted by molar-refractivity contribution is -0.137. The molecule has 2 atom stereocenters. The van der Waals surface area contributed by atoms with Crippen molar-refractivity contribution in [2.45, 2.75) is 70.8 Å². The van der Waals surface area contributed by atoms with Crippen LogP contribution in [0.4, 0.5) is 0 Å². The summed E-state index contributed by atoms with van der Waals surface area (Å²) in [7, 11) is 0. The number of carbonyl (C=O) groups excluding carboxylic acids is 1. The van der Waals surface area contributed by atoms with Crippen molar-refractivity contribution in [2.24, 2.45) is 5.92 Å². The Morgan fingerprint density at radius 3 is 2.29 bits per heavy atom. The van der Waals surface area contributed by atoms with E-state index in [2.05, 4.69) is 42.5 Å². The Morgan fingerprint density at radius 1 is 1.06 bits per heavy atom. The topological polar surface area (TPSA) is 66.4 Å². The Kier molecular flexibility index (Phi) is 13.6. The number of aliphatic carboxylic acids is 1. The van der Waals surface area contributed by atoms with Crippen LogP contribution in [-0.2, 0) is 4.79 Å². The lowest BCUT2D eigenvalue weighted by atomic mass is 10.0. The molecule has 1 amide bonds. The largest absolute Gasteiger partial charge is 0.481 e.